The van der Waals surface area contributed by atoms with Crippen LogP contribution in [-0.2, 0) is 19.4 Å². The molecule has 0 aliphatic rings. The molecule has 1 amide bonds. The normalized spacial score (nSPS) is 12.4. The monoisotopic (exact) mass is 403 g/mol. The molecule has 2 rings (SSSR count). The standard InChI is InChI=1S/C21H25NO5S/c1-15(2)13-18(16-9-5-4-6-10-16)22-20(23)14-27-21(24)17-11-7-8-12-19(17)28(3,25)26/h4-12,15,18H,13-14H2,1-3H3,(H,22,23)/t18-/m1/s1. The highest BCUT2D eigenvalue weighted by atomic mass is 32.2. The Morgan fingerprint density at radius 2 is 1.61 bits per heavy atom. The Morgan fingerprint density at radius 1 is 1.00 bits per heavy atom. The molecule has 28 heavy (non-hydrogen) atoms. The molecule has 0 spiro atoms. The smallest absolute Gasteiger partial charge is 0.339 e. The van der Waals surface area contributed by atoms with Gasteiger partial charge in [-0.25, -0.2) is 13.2 Å². The molecule has 1 N–H and O–H groups in total. The summed E-state index contributed by atoms with van der Waals surface area (Å²) in [6, 6.07) is 15.1. The molecule has 150 valence electrons. The van der Waals surface area contributed by atoms with Gasteiger partial charge in [-0.2, -0.15) is 0 Å². The van der Waals surface area contributed by atoms with Gasteiger partial charge in [0.25, 0.3) is 5.91 Å². The Hall–Kier alpha value is -2.67. The van der Waals surface area contributed by atoms with Crippen molar-refractivity contribution in [3.8, 4) is 0 Å². The zero-order valence-corrected chi connectivity index (χ0v) is 17.0. The molecule has 0 aromatic heterocycles. The number of carbonyl (C=O) groups excluding carboxylic acids is 2. The van der Waals surface area contributed by atoms with Crippen LogP contribution in [0, 0.1) is 5.92 Å². The SMILES string of the molecule is CC(C)C[C@@H](NC(=O)COC(=O)c1ccccc1S(C)(=O)=O)c1ccccc1. The molecule has 0 bridgehead atoms. The Morgan fingerprint density at radius 3 is 2.21 bits per heavy atom. The molecular weight excluding hydrogens is 378 g/mol. The van der Waals surface area contributed by atoms with E-state index in [9.17, 15) is 18.0 Å². The van der Waals surface area contributed by atoms with Gasteiger partial charge < -0.3 is 10.1 Å². The van der Waals surface area contributed by atoms with E-state index in [4.69, 9.17) is 4.74 Å². The molecule has 2 aromatic carbocycles. The maximum Gasteiger partial charge on any atom is 0.339 e. The number of hydrogen-bond acceptors (Lipinski definition) is 5. The van der Waals surface area contributed by atoms with E-state index in [1.165, 1.54) is 18.2 Å². The molecule has 0 unspecified atom stereocenters. The minimum absolute atomic E-state index is 0.0837. The van der Waals surface area contributed by atoms with Gasteiger partial charge in [-0.05, 0) is 30.0 Å². The molecule has 0 fully saturated rings. The van der Waals surface area contributed by atoms with E-state index in [-0.39, 0.29) is 16.5 Å². The van der Waals surface area contributed by atoms with Crippen LogP contribution in [0.3, 0.4) is 0 Å². The minimum Gasteiger partial charge on any atom is -0.452 e. The Kier molecular flexibility index (Phi) is 7.34. The van der Waals surface area contributed by atoms with E-state index in [1.807, 2.05) is 30.3 Å². The van der Waals surface area contributed by atoms with Crippen molar-refractivity contribution in [2.75, 3.05) is 12.9 Å². The summed E-state index contributed by atoms with van der Waals surface area (Å²) >= 11 is 0. The van der Waals surface area contributed by atoms with Gasteiger partial charge in [0.1, 0.15) is 0 Å². The molecule has 7 heteroatoms. The number of carbonyl (C=O) groups is 2. The number of esters is 1. The lowest BCUT2D eigenvalue weighted by Crippen LogP contribution is -2.33. The van der Waals surface area contributed by atoms with Gasteiger partial charge in [-0.1, -0.05) is 56.3 Å². The molecule has 0 radical (unpaired) electrons. The molecule has 0 saturated heterocycles. The van der Waals surface area contributed by atoms with Crippen molar-refractivity contribution in [2.24, 2.45) is 5.92 Å². The van der Waals surface area contributed by atoms with Crippen LogP contribution in [0.2, 0.25) is 0 Å². The van der Waals surface area contributed by atoms with E-state index < -0.39 is 28.3 Å². The summed E-state index contributed by atoms with van der Waals surface area (Å²) in [7, 11) is -3.59. The van der Waals surface area contributed by atoms with Crippen LogP contribution < -0.4 is 5.32 Å². The van der Waals surface area contributed by atoms with Crippen molar-refractivity contribution in [3.63, 3.8) is 0 Å². The lowest BCUT2D eigenvalue weighted by molar-refractivity contribution is -0.125. The van der Waals surface area contributed by atoms with Gasteiger partial charge in [-0.3, -0.25) is 4.79 Å². The Bertz CT molecular complexity index is 923. The topological polar surface area (TPSA) is 89.5 Å². The van der Waals surface area contributed by atoms with Gasteiger partial charge in [0, 0.05) is 6.26 Å². The first kappa shape index (κ1) is 21.6. The third kappa shape index (κ3) is 6.20. The van der Waals surface area contributed by atoms with Crippen LogP contribution in [-0.4, -0.2) is 33.2 Å². The molecule has 0 aliphatic heterocycles. The number of nitrogens with one attached hydrogen (secondary N) is 1. The molecule has 0 saturated carbocycles. The number of hydrogen-bond donors (Lipinski definition) is 1. The molecular formula is C21H25NO5S. The van der Waals surface area contributed by atoms with E-state index >= 15 is 0 Å². The zero-order valence-electron chi connectivity index (χ0n) is 16.2. The first-order chi connectivity index (χ1) is 13.2. The molecule has 6 nitrogen and oxygen atoms in total. The van der Waals surface area contributed by atoms with Crippen molar-refractivity contribution >= 4 is 21.7 Å². The summed E-state index contributed by atoms with van der Waals surface area (Å²) in [6.45, 7) is 3.63. The average molecular weight is 404 g/mol. The summed E-state index contributed by atoms with van der Waals surface area (Å²) in [4.78, 5) is 24.5. The van der Waals surface area contributed by atoms with E-state index in [1.54, 1.807) is 6.07 Å². The predicted octanol–water partition coefficient (Wildman–Crippen LogP) is 3.15. The highest BCUT2D eigenvalue weighted by molar-refractivity contribution is 7.90. The average Bonchev–Trinajstić information content (AvgIpc) is 2.65. The zero-order chi connectivity index (χ0) is 20.7. The van der Waals surface area contributed by atoms with E-state index in [0.29, 0.717) is 5.92 Å². The number of sulfone groups is 1. The van der Waals surface area contributed by atoms with Gasteiger partial charge in [0.05, 0.1) is 16.5 Å². The fourth-order valence-electron chi connectivity index (χ4n) is 2.84. The van der Waals surface area contributed by atoms with Gasteiger partial charge in [0.15, 0.2) is 16.4 Å². The van der Waals surface area contributed by atoms with Gasteiger partial charge in [-0.15, -0.1) is 0 Å². The van der Waals surface area contributed by atoms with Crippen molar-refractivity contribution in [1.29, 1.82) is 0 Å². The van der Waals surface area contributed by atoms with Crippen LogP contribution in [0.1, 0.15) is 42.2 Å². The second-order valence-corrected chi connectivity index (χ2v) is 8.99. The lowest BCUT2D eigenvalue weighted by atomic mass is 9.97. The first-order valence-electron chi connectivity index (χ1n) is 8.99. The van der Waals surface area contributed by atoms with E-state index in [2.05, 4.69) is 19.2 Å². The summed E-state index contributed by atoms with van der Waals surface area (Å²) in [5.74, 6) is -0.939. The van der Waals surface area contributed by atoms with E-state index in [0.717, 1.165) is 18.2 Å². The number of ether oxygens (including phenoxy) is 1. The van der Waals surface area contributed by atoms with Crippen molar-refractivity contribution in [1.82, 2.24) is 5.32 Å². The van der Waals surface area contributed by atoms with Crippen LogP contribution in [0.15, 0.2) is 59.5 Å². The largest absolute Gasteiger partial charge is 0.452 e. The second-order valence-electron chi connectivity index (χ2n) is 7.00. The van der Waals surface area contributed by atoms with Crippen LogP contribution in [0.4, 0.5) is 0 Å². The van der Waals surface area contributed by atoms with Crippen molar-refractivity contribution < 1.29 is 22.7 Å². The van der Waals surface area contributed by atoms with Crippen LogP contribution in [0.25, 0.3) is 0 Å². The van der Waals surface area contributed by atoms with Crippen LogP contribution in [0.5, 0.6) is 0 Å². The highest BCUT2D eigenvalue weighted by Crippen LogP contribution is 2.21. The summed E-state index contributed by atoms with van der Waals surface area (Å²) in [6.07, 6.45) is 1.75. The van der Waals surface area contributed by atoms with Crippen molar-refractivity contribution in [2.45, 2.75) is 31.2 Å². The predicted molar refractivity (Wildman–Crippen MR) is 107 cm³/mol. The van der Waals surface area contributed by atoms with Crippen LogP contribution >= 0.6 is 0 Å². The molecule has 0 aliphatic carbocycles. The fourth-order valence-corrected chi connectivity index (χ4v) is 3.72. The number of amides is 1. The summed E-state index contributed by atoms with van der Waals surface area (Å²) in [5, 5.41) is 2.88. The van der Waals surface area contributed by atoms with Crippen molar-refractivity contribution in [3.05, 3.63) is 65.7 Å². The Balaban J connectivity index is 2.04. The molecule has 1 atom stereocenters. The van der Waals surface area contributed by atoms with Gasteiger partial charge >= 0.3 is 5.97 Å². The maximum absolute atomic E-state index is 12.3. The molecule has 2 aromatic rings. The number of benzene rings is 2. The molecule has 0 heterocycles. The highest BCUT2D eigenvalue weighted by Gasteiger charge is 2.21. The number of rotatable bonds is 8. The first-order valence-corrected chi connectivity index (χ1v) is 10.9. The van der Waals surface area contributed by atoms with Gasteiger partial charge in [0.2, 0.25) is 0 Å². The quantitative estimate of drug-likeness (QED) is 0.684. The minimum atomic E-state index is -3.59. The summed E-state index contributed by atoms with van der Waals surface area (Å²) < 4.78 is 28.7. The Labute approximate surface area is 165 Å². The third-order valence-electron chi connectivity index (χ3n) is 4.09. The maximum atomic E-state index is 12.3. The lowest BCUT2D eigenvalue weighted by Gasteiger charge is -2.21. The second kappa shape index (κ2) is 9.50. The summed E-state index contributed by atoms with van der Waals surface area (Å²) in [5.41, 5.74) is 0.887. The third-order valence-corrected chi connectivity index (χ3v) is 5.24. The fraction of sp³-hybridized carbons (Fsp3) is 0.333.